The monoisotopic (exact) mass is 371 g/mol. The highest BCUT2D eigenvalue weighted by atomic mass is 16.1. The summed E-state index contributed by atoms with van der Waals surface area (Å²) in [6.07, 6.45) is 6.85. The van der Waals surface area contributed by atoms with Crippen molar-refractivity contribution in [2.45, 2.75) is 6.42 Å². The van der Waals surface area contributed by atoms with E-state index < -0.39 is 0 Å². The zero-order valence-electron chi connectivity index (χ0n) is 15.7. The van der Waals surface area contributed by atoms with Crippen LogP contribution in [-0.4, -0.2) is 39.8 Å². The van der Waals surface area contributed by atoms with Crippen LogP contribution in [0.25, 0.3) is 16.9 Å². The largest absolute Gasteiger partial charge is 0.378 e. The van der Waals surface area contributed by atoms with Crippen molar-refractivity contribution in [2.24, 2.45) is 5.92 Å². The molecule has 1 fully saturated rings. The molecule has 2 aliphatic rings. The fourth-order valence-electron chi connectivity index (χ4n) is 4.09. The van der Waals surface area contributed by atoms with E-state index in [0.717, 1.165) is 24.2 Å². The molecule has 28 heavy (non-hydrogen) atoms. The summed E-state index contributed by atoms with van der Waals surface area (Å²) in [5.41, 5.74) is 4.59. The van der Waals surface area contributed by atoms with Crippen molar-refractivity contribution in [3.63, 3.8) is 0 Å². The first-order chi connectivity index (χ1) is 13.7. The van der Waals surface area contributed by atoms with E-state index in [2.05, 4.69) is 57.4 Å². The number of nitrogens with zero attached hydrogens (tertiary/aromatic N) is 5. The first-order valence-corrected chi connectivity index (χ1v) is 9.50. The lowest BCUT2D eigenvalue weighted by Crippen LogP contribution is -2.20. The molecule has 4 heterocycles. The summed E-state index contributed by atoms with van der Waals surface area (Å²) >= 11 is 0. The van der Waals surface area contributed by atoms with Crippen LogP contribution >= 0.6 is 0 Å². The molecule has 1 saturated heterocycles. The summed E-state index contributed by atoms with van der Waals surface area (Å²) in [7, 11) is 2.14. The Hall–Kier alpha value is -3.41. The lowest BCUT2D eigenvalue weighted by molar-refractivity contribution is 0.433. The molecule has 0 unspecified atom stereocenters. The standard InChI is InChI=1S/C22H21N5O/c1-25-14-18-10-12-26(20(18)15-25)19-7-4-16(5-8-19)17-6-9-21(23-13-17)27-22(28)3-2-11-24-27/h2-9,11,13,15,18H,10,12,14H2,1H3/t18-/m1/s1. The smallest absolute Gasteiger partial charge is 0.272 e. The zero-order chi connectivity index (χ0) is 19.1. The van der Waals surface area contributed by atoms with Gasteiger partial charge < -0.3 is 9.80 Å². The lowest BCUT2D eigenvalue weighted by Gasteiger charge is -2.20. The van der Waals surface area contributed by atoms with E-state index >= 15 is 0 Å². The normalized spacial score (nSPS) is 18.3. The molecule has 0 radical (unpaired) electrons. The maximum atomic E-state index is 11.9. The van der Waals surface area contributed by atoms with Crippen LogP contribution in [0.5, 0.6) is 0 Å². The molecule has 2 aliphatic heterocycles. The number of hydrogen-bond donors (Lipinski definition) is 0. The van der Waals surface area contributed by atoms with Gasteiger partial charge in [-0.15, -0.1) is 0 Å². The van der Waals surface area contributed by atoms with Crippen LogP contribution < -0.4 is 10.5 Å². The Labute approximate surface area is 163 Å². The first-order valence-electron chi connectivity index (χ1n) is 9.50. The van der Waals surface area contributed by atoms with E-state index in [-0.39, 0.29) is 5.56 Å². The van der Waals surface area contributed by atoms with Crippen LogP contribution in [0.3, 0.4) is 0 Å². The summed E-state index contributed by atoms with van der Waals surface area (Å²) in [4.78, 5) is 21.0. The molecule has 3 aromatic rings. The number of pyridine rings is 1. The van der Waals surface area contributed by atoms with Gasteiger partial charge in [0, 0.05) is 67.7 Å². The van der Waals surface area contributed by atoms with Crippen LogP contribution in [0.4, 0.5) is 5.69 Å². The van der Waals surface area contributed by atoms with Gasteiger partial charge in [0.25, 0.3) is 5.56 Å². The first kappa shape index (κ1) is 16.7. The highest BCUT2D eigenvalue weighted by Gasteiger charge is 2.33. The number of benzene rings is 1. The van der Waals surface area contributed by atoms with Gasteiger partial charge in [0.2, 0.25) is 0 Å². The quantitative estimate of drug-likeness (QED) is 0.709. The molecule has 0 aliphatic carbocycles. The van der Waals surface area contributed by atoms with Crippen LogP contribution in [0.1, 0.15) is 6.42 Å². The average molecular weight is 371 g/mol. The van der Waals surface area contributed by atoms with Gasteiger partial charge in [-0.25, -0.2) is 4.98 Å². The molecule has 0 amide bonds. The zero-order valence-corrected chi connectivity index (χ0v) is 15.7. The summed E-state index contributed by atoms with van der Waals surface area (Å²) in [6.45, 7) is 2.21. The lowest BCUT2D eigenvalue weighted by atomic mass is 10.1. The number of rotatable bonds is 3. The van der Waals surface area contributed by atoms with E-state index in [9.17, 15) is 4.79 Å². The van der Waals surface area contributed by atoms with Gasteiger partial charge in [0.15, 0.2) is 5.82 Å². The molecule has 0 saturated carbocycles. The van der Waals surface area contributed by atoms with E-state index in [0.29, 0.717) is 11.7 Å². The van der Waals surface area contributed by atoms with Gasteiger partial charge in [-0.05, 0) is 42.3 Å². The molecule has 2 aromatic heterocycles. The second-order valence-electron chi connectivity index (χ2n) is 7.36. The van der Waals surface area contributed by atoms with Gasteiger partial charge in [-0.1, -0.05) is 12.1 Å². The van der Waals surface area contributed by atoms with E-state index in [1.807, 2.05) is 12.1 Å². The minimum Gasteiger partial charge on any atom is -0.378 e. The Morgan fingerprint density at radius 2 is 1.86 bits per heavy atom. The number of aromatic nitrogens is 3. The van der Waals surface area contributed by atoms with Crippen molar-refractivity contribution in [1.82, 2.24) is 19.7 Å². The summed E-state index contributed by atoms with van der Waals surface area (Å²) in [6, 6.07) is 15.5. The Kier molecular flexibility index (Phi) is 3.97. The predicted molar refractivity (Wildman–Crippen MR) is 109 cm³/mol. The molecule has 6 heteroatoms. The fraction of sp³-hybridized carbons (Fsp3) is 0.227. The molecule has 1 aromatic carbocycles. The van der Waals surface area contributed by atoms with Gasteiger partial charge >= 0.3 is 0 Å². The third-order valence-electron chi connectivity index (χ3n) is 5.49. The maximum absolute atomic E-state index is 11.9. The summed E-state index contributed by atoms with van der Waals surface area (Å²) in [5, 5.41) is 4.07. The van der Waals surface area contributed by atoms with Crippen LogP contribution in [0.15, 0.2) is 77.6 Å². The molecule has 5 rings (SSSR count). The molecule has 0 spiro atoms. The number of hydrogen-bond acceptors (Lipinski definition) is 5. The van der Waals surface area contributed by atoms with Gasteiger partial charge in [0.1, 0.15) is 0 Å². The summed E-state index contributed by atoms with van der Waals surface area (Å²) in [5.74, 6) is 1.18. The summed E-state index contributed by atoms with van der Waals surface area (Å²) < 4.78 is 1.29. The number of fused-ring (bicyclic) bond motifs is 1. The minimum absolute atomic E-state index is 0.192. The Morgan fingerprint density at radius 3 is 2.61 bits per heavy atom. The van der Waals surface area contributed by atoms with Crippen LogP contribution in [0, 0.1) is 5.92 Å². The average Bonchev–Trinajstić information content (AvgIpc) is 3.28. The van der Waals surface area contributed by atoms with Crippen molar-refractivity contribution < 1.29 is 0 Å². The molecule has 0 bridgehead atoms. The highest BCUT2D eigenvalue weighted by molar-refractivity contribution is 5.67. The van der Waals surface area contributed by atoms with Crippen molar-refractivity contribution >= 4 is 5.69 Å². The molecule has 6 nitrogen and oxygen atoms in total. The second kappa shape index (κ2) is 6.64. The van der Waals surface area contributed by atoms with E-state index in [4.69, 9.17) is 0 Å². The minimum atomic E-state index is -0.192. The SMILES string of the molecule is CN1C=C2[C@H](CCN2c2ccc(-c3ccc(-n4ncccc4=O)nc3)cc2)C1. The predicted octanol–water partition coefficient (Wildman–Crippen LogP) is 2.91. The Bertz CT molecular complexity index is 1080. The van der Waals surface area contributed by atoms with Gasteiger partial charge in [-0.2, -0.15) is 9.78 Å². The third kappa shape index (κ3) is 2.87. The topological polar surface area (TPSA) is 54.3 Å². The Balaban J connectivity index is 1.38. The van der Waals surface area contributed by atoms with Gasteiger partial charge in [0.05, 0.1) is 0 Å². The van der Waals surface area contributed by atoms with Crippen molar-refractivity contribution in [2.75, 3.05) is 25.0 Å². The van der Waals surface area contributed by atoms with Crippen LogP contribution in [0.2, 0.25) is 0 Å². The molecule has 140 valence electrons. The van der Waals surface area contributed by atoms with E-state index in [1.54, 1.807) is 18.5 Å². The molecular formula is C22H21N5O. The van der Waals surface area contributed by atoms with Gasteiger partial charge in [-0.3, -0.25) is 4.79 Å². The second-order valence-corrected chi connectivity index (χ2v) is 7.36. The Morgan fingerprint density at radius 1 is 1.04 bits per heavy atom. The molecular weight excluding hydrogens is 350 g/mol. The van der Waals surface area contributed by atoms with E-state index in [1.165, 1.54) is 28.6 Å². The molecule has 1 atom stereocenters. The van der Waals surface area contributed by atoms with Crippen LogP contribution in [-0.2, 0) is 0 Å². The van der Waals surface area contributed by atoms with Crippen molar-refractivity contribution in [1.29, 1.82) is 0 Å². The van der Waals surface area contributed by atoms with Crippen molar-refractivity contribution in [3.8, 4) is 16.9 Å². The van der Waals surface area contributed by atoms with Crippen molar-refractivity contribution in [3.05, 3.63) is 83.2 Å². The number of anilines is 1. The third-order valence-corrected chi connectivity index (χ3v) is 5.49. The molecule has 0 N–H and O–H groups in total. The highest BCUT2D eigenvalue weighted by Crippen LogP contribution is 2.37. The maximum Gasteiger partial charge on any atom is 0.272 e. The fourth-order valence-corrected chi connectivity index (χ4v) is 4.09.